The van der Waals surface area contributed by atoms with Gasteiger partial charge in [0.15, 0.2) is 0 Å². The van der Waals surface area contributed by atoms with E-state index in [-0.39, 0.29) is 17.9 Å². The summed E-state index contributed by atoms with van der Waals surface area (Å²) in [6, 6.07) is 7.07. The van der Waals surface area contributed by atoms with Gasteiger partial charge < -0.3 is 10.4 Å². The van der Waals surface area contributed by atoms with Gasteiger partial charge in [0.2, 0.25) is 0 Å². The predicted octanol–water partition coefficient (Wildman–Crippen LogP) is 0.165. The highest BCUT2D eigenvalue weighted by Gasteiger charge is 2.42. The van der Waals surface area contributed by atoms with Gasteiger partial charge in [-0.25, -0.2) is 4.68 Å². The summed E-state index contributed by atoms with van der Waals surface area (Å²) in [7, 11) is 0. The standard InChI is InChI=1S/C13H15N5O2/c19-8-13(4-5-13)7-14-12(20)10-2-1-3-11(6-10)18-9-15-16-17-18/h1-3,6,9,19H,4-5,7-8H2,(H,14,20). The summed E-state index contributed by atoms with van der Waals surface area (Å²) in [5.41, 5.74) is 1.18. The van der Waals surface area contributed by atoms with Crippen LogP contribution in [0.3, 0.4) is 0 Å². The van der Waals surface area contributed by atoms with Gasteiger partial charge in [-0.1, -0.05) is 6.07 Å². The summed E-state index contributed by atoms with van der Waals surface area (Å²) in [5, 5.41) is 23.0. The number of nitrogens with one attached hydrogen (secondary N) is 1. The lowest BCUT2D eigenvalue weighted by atomic mass is 10.1. The lowest BCUT2D eigenvalue weighted by Crippen LogP contribution is -2.31. The topological polar surface area (TPSA) is 92.9 Å². The van der Waals surface area contributed by atoms with Crippen molar-refractivity contribution in [2.75, 3.05) is 13.2 Å². The second kappa shape index (κ2) is 5.01. The zero-order valence-electron chi connectivity index (χ0n) is 10.9. The van der Waals surface area contributed by atoms with Crippen LogP contribution in [0, 0.1) is 5.41 Å². The lowest BCUT2D eigenvalue weighted by Gasteiger charge is -2.13. The molecule has 1 aromatic heterocycles. The number of hydrogen-bond donors (Lipinski definition) is 2. The van der Waals surface area contributed by atoms with E-state index in [1.165, 1.54) is 11.0 Å². The van der Waals surface area contributed by atoms with Crippen LogP contribution in [0.15, 0.2) is 30.6 Å². The van der Waals surface area contributed by atoms with Crippen LogP contribution in [0.4, 0.5) is 0 Å². The predicted molar refractivity (Wildman–Crippen MR) is 70.2 cm³/mol. The number of hydrogen-bond acceptors (Lipinski definition) is 5. The minimum Gasteiger partial charge on any atom is -0.396 e. The first kappa shape index (κ1) is 12.7. The Labute approximate surface area is 115 Å². The van der Waals surface area contributed by atoms with Gasteiger partial charge in [-0.3, -0.25) is 4.79 Å². The first-order valence-electron chi connectivity index (χ1n) is 6.45. The van der Waals surface area contributed by atoms with Crippen LogP contribution in [0.1, 0.15) is 23.2 Å². The Bertz CT molecular complexity index is 607. The van der Waals surface area contributed by atoms with Crippen molar-refractivity contribution in [2.45, 2.75) is 12.8 Å². The van der Waals surface area contributed by atoms with Crippen molar-refractivity contribution in [1.82, 2.24) is 25.5 Å². The van der Waals surface area contributed by atoms with E-state index in [0.29, 0.717) is 12.1 Å². The quantitative estimate of drug-likeness (QED) is 0.809. The molecule has 0 saturated heterocycles. The molecule has 1 saturated carbocycles. The fraction of sp³-hybridized carbons (Fsp3) is 0.385. The van der Waals surface area contributed by atoms with Gasteiger partial charge in [-0.15, -0.1) is 5.10 Å². The normalized spacial score (nSPS) is 15.8. The Hall–Kier alpha value is -2.28. The molecule has 3 rings (SSSR count). The number of benzene rings is 1. The number of amides is 1. The summed E-state index contributed by atoms with van der Waals surface area (Å²) in [6.45, 7) is 0.634. The van der Waals surface area contributed by atoms with E-state index < -0.39 is 0 Å². The molecule has 2 aromatic rings. The van der Waals surface area contributed by atoms with Crippen LogP contribution >= 0.6 is 0 Å². The smallest absolute Gasteiger partial charge is 0.251 e. The summed E-state index contributed by atoms with van der Waals surface area (Å²) in [5.74, 6) is -0.153. The summed E-state index contributed by atoms with van der Waals surface area (Å²) < 4.78 is 1.49. The van der Waals surface area contributed by atoms with Crippen molar-refractivity contribution in [3.63, 3.8) is 0 Å². The number of aliphatic hydroxyl groups is 1. The molecule has 0 spiro atoms. The zero-order chi connectivity index (χ0) is 14.0. The molecular weight excluding hydrogens is 258 g/mol. The van der Waals surface area contributed by atoms with Gasteiger partial charge in [-0.05, 0) is 41.5 Å². The van der Waals surface area contributed by atoms with E-state index in [9.17, 15) is 9.90 Å². The summed E-state index contributed by atoms with van der Waals surface area (Å²) >= 11 is 0. The van der Waals surface area contributed by atoms with Crippen molar-refractivity contribution in [2.24, 2.45) is 5.41 Å². The molecule has 1 aromatic carbocycles. The summed E-state index contributed by atoms with van der Waals surface area (Å²) in [6.07, 6.45) is 3.41. The van der Waals surface area contributed by atoms with Crippen LogP contribution in [-0.4, -0.2) is 44.4 Å². The molecule has 7 heteroatoms. The highest BCUT2D eigenvalue weighted by atomic mass is 16.3. The van der Waals surface area contributed by atoms with E-state index >= 15 is 0 Å². The number of carbonyl (C=O) groups excluding carboxylic acids is 1. The van der Waals surface area contributed by atoms with E-state index in [0.717, 1.165) is 18.5 Å². The molecule has 1 aliphatic rings. The second-order valence-electron chi connectivity index (χ2n) is 5.15. The Kier molecular flexibility index (Phi) is 3.19. The SMILES string of the molecule is O=C(NCC1(CO)CC1)c1cccc(-n2cnnn2)c1. The minimum absolute atomic E-state index is 0.0942. The number of rotatable bonds is 5. The molecule has 0 atom stereocenters. The maximum atomic E-state index is 12.1. The monoisotopic (exact) mass is 273 g/mol. The highest BCUT2D eigenvalue weighted by Crippen LogP contribution is 2.44. The fourth-order valence-electron chi connectivity index (χ4n) is 2.01. The van der Waals surface area contributed by atoms with Crippen LogP contribution in [0.25, 0.3) is 5.69 Å². The molecule has 0 aliphatic heterocycles. The van der Waals surface area contributed by atoms with Gasteiger partial charge in [0.25, 0.3) is 5.91 Å². The third-order valence-corrected chi connectivity index (χ3v) is 3.64. The average molecular weight is 273 g/mol. The van der Waals surface area contributed by atoms with Gasteiger partial charge in [-0.2, -0.15) is 0 Å². The van der Waals surface area contributed by atoms with Crippen molar-refractivity contribution >= 4 is 5.91 Å². The molecule has 2 N–H and O–H groups in total. The third-order valence-electron chi connectivity index (χ3n) is 3.64. The first-order chi connectivity index (χ1) is 9.72. The Morgan fingerprint density at radius 1 is 1.45 bits per heavy atom. The number of aromatic nitrogens is 4. The zero-order valence-corrected chi connectivity index (χ0v) is 10.9. The van der Waals surface area contributed by atoms with E-state index in [1.807, 2.05) is 6.07 Å². The molecule has 1 fully saturated rings. The van der Waals surface area contributed by atoms with Crippen LogP contribution in [0.2, 0.25) is 0 Å². The minimum atomic E-state index is -0.153. The average Bonchev–Trinajstić information content (AvgIpc) is 3.07. The van der Waals surface area contributed by atoms with E-state index in [1.54, 1.807) is 18.2 Å². The number of nitrogens with zero attached hydrogens (tertiary/aromatic N) is 4. The largest absolute Gasteiger partial charge is 0.396 e. The number of carbonyl (C=O) groups is 1. The van der Waals surface area contributed by atoms with Crippen molar-refractivity contribution < 1.29 is 9.90 Å². The van der Waals surface area contributed by atoms with Crippen molar-refractivity contribution in [1.29, 1.82) is 0 Å². The van der Waals surface area contributed by atoms with Crippen LogP contribution in [-0.2, 0) is 0 Å². The van der Waals surface area contributed by atoms with E-state index in [2.05, 4.69) is 20.8 Å². The summed E-state index contributed by atoms with van der Waals surface area (Å²) in [4.78, 5) is 12.1. The number of aliphatic hydroxyl groups excluding tert-OH is 1. The van der Waals surface area contributed by atoms with Crippen LogP contribution in [0.5, 0.6) is 0 Å². The van der Waals surface area contributed by atoms with Crippen molar-refractivity contribution in [3.05, 3.63) is 36.2 Å². The molecule has 20 heavy (non-hydrogen) atoms. The Morgan fingerprint density at radius 3 is 2.95 bits per heavy atom. The molecule has 1 heterocycles. The Balaban J connectivity index is 1.70. The highest BCUT2D eigenvalue weighted by molar-refractivity contribution is 5.94. The Morgan fingerprint density at radius 2 is 2.30 bits per heavy atom. The van der Waals surface area contributed by atoms with Gasteiger partial charge in [0, 0.05) is 17.5 Å². The molecule has 0 bridgehead atoms. The van der Waals surface area contributed by atoms with Gasteiger partial charge in [0.05, 0.1) is 12.3 Å². The van der Waals surface area contributed by atoms with Crippen molar-refractivity contribution in [3.8, 4) is 5.69 Å². The second-order valence-corrected chi connectivity index (χ2v) is 5.15. The molecule has 104 valence electrons. The van der Waals surface area contributed by atoms with Crippen LogP contribution < -0.4 is 5.32 Å². The first-order valence-corrected chi connectivity index (χ1v) is 6.45. The molecule has 1 aliphatic carbocycles. The molecule has 1 amide bonds. The molecule has 7 nitrogen and oxygen atoms in total. The maximum Gasteiger partial charge on any atom is 0.251 e. The molecule has 0 unspecified atom stereocenters. The molecule has 0 radical (unpaired) electrons. The fourth-order valence-corrected chi connectivity index (χ4v) is 2.01. The molecular formula is C13H15N5O2. The third kappa shape index (κ3) is 2.53. The maximum absolute atomic E-state index is 12.1. The number of tetrazole rings is 1. The van der Waals surface area contributed by atoms with E-state index in [4.69, 9.17) is 0 Å². The van der Waals surface area contributed by atoms with Gasteiger partial charge >= 0.3 is 0 Å². The lowest BCUT2D eigenvalue weighted by molar-refractivity contribution is 0.0935. The van der Waals surface area contributed by atoms with Gasteiger partial charge in [0.1, 0.15) is 6.33 Å².